The molecule has 0 unspecified atom stereocenters. The number of halogens is 2. The predicted molar refractivity (Wildman–Crippen MR) is 101 cm³/mol. The van der Waals surface area contributed by atoms with Crippen LogP contribution in [0.5, 0.6) is 5.75 Å². The van der Waals surface area contributed by atoms with Crippen LogP contribution >= 0.6 is 23.2 Å². The lowest BCUT2D eigenvalue weighted by Crippen LogP contribution is -2.32. The summed E-state index contributed by atoms with van der Waals surface area (Å²) in [6.45, 7) is 1.76. The number of carbonyl (C=O) groups is 1. The second-order valence-electron chi connectivity index (χ2n) is 5.37. The molecular formula is C16H15Cl2N7O2. The van der Waals surface area contributed by atoms with Gasteiger partial charge in [-0.1, -0.05) is 23.2 Å². The zero-order valence-corrected chi connectivity index (χ0v) is 15.9. The standard InChI is InChI=1S/C16H15Cl2N7O2/c1-9(14-21-8-22-25(14)15-19-4-3-5-20-15)23-16(26)24-12-7-13(27-2)11(18)6-10(12)17/h3-9H,1-2H3,(H2,23,24,26)/t9-/m0/s1. The number of carbonyl (C=O) groups excluding carboxylic acids is 1. The summed E-state index contributed by atoms with van der Waals surface area (Å²) in [7, 11) is 1.47. The number of nitrogens with one attached hydrogen (secondary N) is 2. The third-order valence-electron chi connectivity index (χ3n) is 3.54. The van der Waals surface area contributed by atoms with Crippen LogP contribution in [-0.2, 0) is 0 Å². The topological polar surface area (TPSA) is 107 Å². The molecule has 1 atom stereocenters. The van der Waals surface area contributed by atoms with Crippen LogP contribution in [0.2, 0.25) is 10.0 Å². The first-order valence-corrected chi connectivity index (χ1v) is 8.53. The highest BCUT2D eigenvalue weighted by atomic mass is 35.5. The summed E-state index contributed by atoms with van der Waals surface area (Å²) in [5.41, 5.74) is 0.357. The third-order valence-corrected chi connectivity index (χ3v) is 4.15. The lowest BCUT2D eigenvalue weighted by Gasteiger charge is -2.16. The summed E-state index contributed by atoms with van der Waals surface area (Å²) in [5, 5.41) is 10.1. The Balaban J connectivity index is 1.73. The molecule has 3 aromatic rings. The van der Waals surface area contributed by atoms with Crippen molar-refractivity contribution in [3.63, 3.8) is 0 Å². The number of aromatic nitrogens is 5. The number of methoxy groups -OCH3 is 1. The van der Waals surface area contributed by atoms with E-state index in [0.717, 1.165) is 0 Å². The van der Waals surface area contributed by atoms with Crippen molar-refractivity contribution in [2.45, 2.75) is 13.0 Å². The second kappa shape index (κ2) is 8.19. The van der Waals surface area contributed by atoms with Crippen LogP contribution in [0, 0.1) is 0 Å². The van der Waals surface area contributed by atoms with E-state index in [1.165, 1.54) is 30.3 Å². The molecule has 0 aliphatic carbocycles. The molecule has 0 radical (unpaired) electrons. The molecule has 0 bridgehead atoms. The van der Waals surface area contributed by atoms with Gasteiger partial charge in [-0.15, -0.1) is 0 Å². The first kappa shape index (κ1) is 18.9. The summed E-state index contributed by atoms with van der Waals surface area (Å²) < 4.78 is 6.58. The van der Waals surface area contributed by atoms with Gasteiger partial charge in [0, 0.05) is 18.5 Å². The molecule has 0 aliphatic heterocycles. The Labute approximate surface area is 164 Å². The molecule has 2 amide bonds. The van der Waals surface area contributed by atoms with Crippen molar-refractivity contribution >= 4 is 34.9 Å². The van der Waals surface area contributed by atoms with Crippen LogP contribution < -0.4 is 15.4 Å². The lowest BCUT2D eigenvalue weighted by atomic mass is 10.3. The Morgan fingerprint density at radius 1 is 1.19 bits per heavy atom. The fourth-order valence-corrected chi connectivity index (χ4v) is 2.81. The van der Waals surface area contributed by atoms with Crippen molar-refractivity contribution in [3.05, 3.63) is 52.8 Å². The highest BCUT2D eigenvalue weighted by Gasteiger charge is 2.19. The number of urea groups is 1. The van der Waals surface area contributed by atoms with Crippen LogP contribution in [0.4, 0.5) is 10.5 Å². The highest BCUT2D eigenvalue weighted by Crippen LogP contribution is 2.34. The molecule has 3 rings (SSSR count). The van der Waals surface area contributed by atoms with Crippen molar-refractivity contribution in [3.8, 4) is 11.7 Å². The number of rotatable bonds is 5. The van der Waals surface area contributed by atoms with Gasteiger partial charge in [0.15, 0.2) is 5.82 Å². The summed E-state index contributed by atoms with van der Waals surface area (Å²) in [4.78, 5) is 24.8. The quantitative estimate of drug-likeness (QED) is 0.671. The molecule has 0 saturated heterocycles. The van der Waals surface area contributed by atoms with E-state index in [1.54, 1.807) is 25.4 Å². The van der Waals surface area contributed by atoms with Gasteiger partial charge in [0.1, 0.15) is 12.1 Å². The highest BCUT2D eigenvalue weighted by molar-refractivity contribution is 6.37. The van der Waals surface area contributed by atoms with Gasteiger partial charge in [-0.05, 0) is 19.1 Å². The molecule has 11 heteroatoms. The summed E-state index contributed by atoms with van der Waals surface area (Å²) in [6.07, 6.45) is 4.55. The van der Waals surface area contributed by atoms with Crippen molar-refractivity contribution in [1.82, 2.24) is 30.0 Å². The van der Waals surface area contributed by atoms with Crippen LogP contribution in [0.15, 0.2) is 36.9 Å². The maximum absolute atomic E-state index is 12.4. The first-order valence-electron chi connectivity index (χ1n) is 7.77. The predicted octanol–water partition coefficient (Wildman–Crippen LogP) is 3.26. The van der Waals surface area contributed by atoms with E-state index < -0.39 is 12.1 Å². The summed E-state index contributed by atoms with van der Waals surface area (Å²) in [5.74, 6) is 1.21. The van der Waals surface area contributed by atoms with Crippen LogP contribution in [-0.4, -0.2) is 37.9 Å². The average molecular weight is 408 g/mol. The van der Waals surface area contributed by atoms with E-state index in [1.807, 2.05) is 0 Å². The molecule has 9 nitrogen and oxygen atoms in total. The van der Waals surface area contributed by atoms with Crippen molar-refractivity contribution in [1.29, 1.82) is 0 Å². The van der Waals surface area contributed by atoms with Crippen LogP contribution in [0.3, 0.4) is 0 Å². The number of amides is 2. The van der Waals surface area contributed by atoms with Gasteiger partial charge in [0.25, 0.3) is 5.95 Å². The number of anilines is 1. The number of hydrogen-bond donors (Lipinski definition) is 2. The molecule has 27 heavy (non-hydrogen) atoms. The zero-order valence-electron chi connectivity index (χ0n) is 14.3. The lowest BCUT2D eigenvalue weighted by molar-refractivity contribution is 0.248. The normalized spacial score (nSPS) is 11.7. The minimum Gasteiger partial charge on any atom is -0.495 e. The van der Waals surface area contributed by atoms with Gasteiger partial charge in [-0.2, -0.15) is 9.78 Å². The Kier molecular flexibility index (Phi) is 5.72. The van der Waals surface area contributed by atoms with E-state index in [4.69, 9.17) is 27.9 Å². The molecule has 140 valence electrons. The number of ether oxygens (including phenoxy) is 1. The Morgan fingerprint density at radius 2 is 1.93 bits per heavy atom. The average Bonchev–Trinajstić information content (AvgIpc) is 3.14. The number of nitrogens with zero attached hydrogens (tertiary/aromatic N) is 5. The maximum Gasteiger partial charge on any atom is 0.319 e. The zero-order chi connectivity index (χ0) is 19.4. The summed E-state index contributed by atoms with van der Waals surface area (Å²) >= 11 is 12.1. The van der Waals surface area contributed by atoms with Gasteiger partial charge in [-0.25, -0.2) is 19.7 Å². The maximum atomic E-state index is 12.4. The largest absolute Gasteiger partial charge is 0.495 e. The minimum atomic E-state index is -0.489. The molecule has 0 fully saturated rings. The Bertz CT molecular complexity index is 949. The Morgan fingerprint density at radius 3 is 2.63 bits per heavy atom. The molecule has 1 aromatic carbocycles. The van der Waals surface area contributed by atoms with Crippen molar-refractivity contribution < 1.29 is 9.53 Å². The van der Waals surface area contributed by atoms with E-state index >= 15 is 0 Å². The van der Waals surface area contributed by atoms with Crippen LogP contribution in [0.25, 0.3) is 5.95 Å². The van der Waals surface area contributed by atoms with Crippen molar-refractivity contribution in [2.75, 3.05) is 12.4 Å². The van der Waals surface area contributed by atoms with Gasteiger partial charge in [0.2, 0.25) is 0 Å². The third kappa shape index (κ3) is 4.26. The molecule has 2 heterocycles. The van der Waals surface area contributed by atoms with E-state index in [2.05, 4.69) is 30.7 Å². The Hall–Kier alpha value is -2.91. The molecule has 2 aromatic heterocycles. The minimum absolute atomic E-state index is 0.282. The van der Waals surface area contributed by atoms with Gasteiger partial charge < -0.3 is 15.4 Å². The van der Waals surface area contributed by atoms with E-state index in [0.29, 0.717) is 28.2 Å². The van der Waals surface area contributed by atoms with Gasteiger partial charge in [-0.3, -0.25) is 0 Å². The van der Waals surface area contributed by atoms with Crippen LogP contribution in [0.1, 0.15) is 18.8 Å². The van der Waals surface area contributed by atoms with Gasteiger partial charge >= 0.3 is 6.03 Å². The molecule has 0 saturated carbocycles. The second-order valence-corrected chi connectivity index (χ2v) is 6.18. The molecule has 0 spiro atoms. The molecule has 0 aliphatic rings. The fourth-order valence-electron chi connectivity index (χ4n) is 2.30. The first-order chi connectivity index (χ1) is 13.0. The van der Waals surface area contributed by atoms with Gasteiger partial charge in [0.05, 0.1) is 28.9 Å². The summed E-state index contributed by atoms with van der Waals surface area (Å²) in [6, 6.07) is 3.75. The number of hydrogen-bond acceptors (Lipinski definition) is 6. The molecular weight excluding hydrogens is 393 g/mol. The van der Waals surface area contributed by atoms with E-state index in [-0.39, 0.29) is 5.02 Å². The van der Waals surface area contributed by atoms with E-state index in [9.17, 15) is 4.79 Å². The number of benzene rings is 1. The van der Waals surface area contributed by atoms with Crippen molar-refractivity contribution in [2.24, 2.45) is 0 Å². The SMILES string of the molecule is COc1cc(NC(=O)N[C@@H](C)c2ncnn2-c2ncccn2)c(Cl)cc1Cl. The fraction of sp³-hybridized carbons (Fsp3) is 0.188. The molecule has 2 N–H and O–H groups in total. The monoisotopic (exact) mass is 407 g/mol. The smallest absolute Gasteiger partial charge is 0.319 e.